The summed E-state index contributed by atoms with van der Waals surface area (Å²) in [5, 5.41) is 5.64. The van der Waals surface area contributed by atoms with E-state index in [9.17, 15) is 8.42 Å². The zero-order valence-corrected chi connectivity index (χ0v) is 11.6. The lowest BCUT2D eigenvalue weighted by Gasteiger charge is -2.07. The summed E-state index contributed by atoms with van der Waals surface area (Å²) >= 11 is 0. The average Bonchev–Trinajstić information content (AvgIpc) is 2.87. The Morgan fingerprint density at radius 3 is 2.53 bits per heavy atom. The predicted molar refractivity (Wildman–Crippen MR) is 68.0 cm³/mol. The van der Waals surface area contributed by atoms with E-state index in [1.54, 1.807) is 18.2 Å². The number of halogens is 1. The van der Waals surface area contributed by atoms with Gasteiger partial charge >= 0.3 is 0 Å². The van der Waals surface area contributed by atoms with Crippen molar-refractivity contribution in [3.05, 3.63) is 18.2 Å². The normalized spacial score (nSPS) is 11.3. The standard InChI is InChI=1S/C10H10ClN3O4S/c1-17-6-3-4-7(8(5-6)18-2)9-12-10(14-13-9)19(11,15)16/h3-5H,1-2H3,(H,12,13,14). The lowest BCUT2D eigenvalue weighted by atomic mass is 10.2. The van der Waals surface area contributed by atoms with Crippen LogP contribution in [0.4, 0.5) is 0 Å². The molecular weight excluding hydrogens is 294 g/mol. The van der Waals surface area contributed by atoms with Gasteiger partial charge in [0.15, 0.2) is 5.82 Å². The fourth-order valence-electron chi connectivity index (χ4n) is 1.46. The third kappa shape index (κ3) is 2.79. The zero-order chi connectivity index (χ0) is 14.0. The van der Waals surface area contributed by atoms with Crippen LogP contribution in [-0.4, -0.2) is 37.8 Å². The maximum Gasteiger partial charge on any atom is 0.296 e. The van der Waals surface area contributed by atoms with E-state index in [4.69, 9.17) is 20.2 Å². The molecule has 1 aromatic heterocycles. The summed E-state index contributed by atoms with van der Waals surface area (Å²) < 4.78 is 32.5. The Hall–Kier alpha value is -1.80. The van der Waals surface area contributed by atoms with Gasteiger partial charge in [-0.3, -0.25) is 0 Å². The molecule has 2 aromatic rings. The maximum atomic E-state index is 11.1. The fraction of sp³-hybridized carbons (Fsp3) is 0.200. The van der Waals surface area contributed by atoms with E-state index in [2.05, 4.69) is 15.2 Å². The Morgan fingerprint density at radius 1 is 1.26 bits per heavy atom. The number of H-pyrrole nitrogens is 1. The molecule has 0 aliphatic rings. The van der Waals surface area contributed by atoms with Crippen molar-refractivity contribution in [2.24, 2.45) is 0 Å². The number of hydrogen-bond acceptors (Lipinski definition) is 6. The van der Waals surface area contributed by atoms with Crippen LogP contribution in [0.2, 0.25) is 0 Å². The van der Waals surface area contributed by atoms with Gasteiger partial charge in [0.05, 0.1) is 19.8 Å². The molecule has 1 N–H and O–H groups in total. The Bertz CT molecular complexity index is 699. The number of aromatic amines is 1. The molecule has 2 rings (SSSR count). The summed E-state index contributed by atoms with van der Waals surface area (Å²) in [7, 11) is 4.23. The first-order valence-corrected chi connectivity index (χ1v) is 7.36. The molecule has 0 saturated heterocycles. The molecule has 1 heterocycles. The molecule has 9 heteroatoms. The van der Waals surface area contributed by atoms with Crippen LogP contribution in [0.1, 0.15) is 0 Å². The van der Waals surface area contributed by atoms with Gasteiger partial charge < -0.3 is 9.47 Å². The summed E-state index contributed by atoms with van der Waals surface area (Å²) in [6.07, 6.45) is 0. The van der Waals surface area contributed by atoms with Crippen molar-refractivity contribution in [1.82, 2.24) is 15.2 Å². The molecule has 0 aliphatic carbocycles. The van der Waals surface area contributed by atoms with Crippen molar-refractivity contribution < 1.29 is 17.9 Å². The second-order valence-corrected chi connectivity index (χ2v) is 5.95. The third-order valence-corrected chi connectivity index (χ3v) is 3.43. The first-order chi connectivity index (χ1) is 8.95. The molecule has 0 atom stereocenters. The van der Waals surface area contributed by atoms with Crippen molar-refractivity contribution >= 4 is 19.7 Å². The number of rotatable bonds is 4. The van der Waals surface area contributed by atoms with Gasteiger partial charge in [-0.05, 0) is 12.1 Å². The largest absolute Gasteiger partial charge is 0.497 e. The highest BCUT2D eigenvalue weighted by Crippen LogP contribution is 2.31. The molecule has 0 bridgehead atoms. The minimum Gasteiger partial charge on any atom is -0.497 e. The number of nitrogens with zero attached hydrogens (tertiary/aromatic N) is 2. The van der Waals surface area contributed by atoms with Crippen LogP contribution in [0.15, 0.2) is 23.4 Å². The zero-order valence-electron chi connectivity index (χ0n) is 10.0. The highest BCUT2D eigenvalue weighted by Gasteiger charge is 2.19. The first kappa shape index (κ1) is 13.6. The second kappa shape index (κ2) is 5.06. The number of ether oxygens (including phenoxy) is 2. The van der Waals surface area contributed by atoms with Crippen LogP contribution in [0, 0.1) is 0 Å². The minimum atomic E-state index is -3.94. The van der Waals surface area contributed by atoms with Crippen molar-refractivity contribution in [1.29, 1.82) is 0 Å². The number of nitrogens with one attached hydrogen (secondary N) is 1. The molecule has 0 spiro atoms. The van der Waals surface area contributed by atoms with Crippen LogP contribution in [0.25, 0.3) is 11.4 Å². The van der Waals surface area contributed by atoms with Gasteiger partial charge in [0.2, 0.25) is 0 Å². The van der Waals surface area contributed by atoms with E-state index in [1.165, 1.54) is 14.2 Å². The molecule has 0 aliphatic heterocycles. The molecule has 0 unspecified atom stereocenters. The minimum absolute atomic E-state index is 0.165. The molecule has 19 heavy (non-hydrogen) atoms. The van der Waals surface area contributed by atoms with Gasteiger partial charge in [0.25, 0.3) is 14.2 Å². The van der Waals surface area contributed by atoms with Crippen molar-refractivity contribution in [2.45, 2.75) is 5.16 Å². The molecule has 1 aromatic carbocycles. The van der Waals surface area contributed by atoms with Gasteiger partial charge in [0, 0.05) is 16.7 Å². The summed E-state index contributed by atoms with van der Waals surface area (Å²) in [6, 6.07) is 4.98. The molecule has 102 valence electrons. The van der Waals surface area contributed by atoms with Crippen molar-refractivity contribution in [2.75, 3.05) is 14.2 Å². The van der Waals surface area contributed by atoms with Crippen molar-refractivity contribution in [3.63, 3.8) is 0 Å². The van der Waals surface area contributed by atoms with E-state index < -0.39 is 14.2 Å². The van der Waals surface area contributed by atoms with Gasteiger partial charge in [0.1, 0.15) is 11.5 Å². The van der Waals surface area contributed by atoms with E-state index in [1.807, 2.05) is 0 Å². The summed E-state index contributed by atoms with van der Waals surface area (Å²) in [5.41, 5.74) is 0.520. The quantitative estimate of drug-likeness (QED) is 0.858. The second-order valence-electron chi connectivity index (χ2n) is 3.47. The fourth-order valence-corrected chi connectivity index (χ4v) is 2.02. The smallest absolute Gasteiger partial charge is 0.296 e. The topological polar surface area (TPSA) is 94.2 Å². The summed E-state index contributed by atoms with van der Waals surface area (Å²) in [5.74, 6) is 1.22. The molecular formula is C10H10ClN3O4S. The number of benzene rings is 1. The van der Waals surface area contributed by atoms with E-state index in [-0.39, 0.29) is 5.82 Å². The molecule has 0 radical (unpaired) electrons. The third-order valence-electron chi connectivity index (χ3n) is 2.35. The molecule has 0 saturated carbocycles. The highest BCUT2D eigenvalue weighted by atomic mass is 35.7. The molecule has 0 fully saturated rings. The Labute approximate surface area is 113 Å². The lowest BCUT2D eigenvalue weighted by Crippen LogP contribution is -1.93. The van der Waals surface area contributed by atoms with Crippen LogP contribution in [0.5, 0.6) is 11.5 Å². The average molecular weight is 304 g/mol. The number of methoxy groups -OCH3 is 2. The number of aromatic nitrogens is 3. The van der Waals surface area contributed by atoms with Crippen LogP contribution in [-0.2, 0) is 9.05 Å². The maximum absolute atomic E-state index is 11.1. The molecule has 0 amide bonds. The Balaban J connectivity index is 2.50. The molecule has 7 nitrogen and oxygen atoms in total. The van der Waals surface area contributed by atoms with Gasteiger partial charge in [-0.25, -0.2) is 13.5 Å². The van der Waals surface area contributed by atoms with Crippen LogP contribution >= 0.6 is 10.7 Å². The number of hydrogen-bond donors (Lipinski definition) is 1. The van der Waals surface area contributed by atoms with Gasteiger partial charge in [-0.1, -0.05) is 0 Å². The Morgan fingerprint density at radius 2 is 2.00 bits per heavy atom. The lowest BCUT2D eigenvalue weighted by molar-refractivity contribution is 0.395. The van der Waals surface area contributed by atoms with Crippen molar-refractivity contribution in [3.8, 4) is 22.9 Å². The van der Waals surface area contributed by atoms with Crippen LogP contribution in [0.3, 0.4) is 0 Å². The predicted octanol–water partition coefficient (Wildman–Crippen LogP) is 1.42. The SMILES string of the molecule is COc1ccc(-c2n[nH]c(S(=O)(=O)Cl)n2)c(OC)c1. The van der Waals surface area contributed by atoms with E-state index >= 15 is 0 Å². The van der Waals surface area contributed by atoms with E-state index in [0.717, 1.165) is 0 Å². The van der Waals surface area contributed by atoms with Gasteiger partial charge in [-0.15, -0.1) is 0 Å². The highest BCUT2D eigenvalue weighted by molar-refractivity contribution is 8.13. The summed E-state index contributed by atoms with van der Waals surface area (Å²) in [4.78, 5) is 3.81. The van der Waals surface area contributed by atoms with E-state index in [0.29, 0.717) is 17.1 Å². The van der Waals surface area contributed by atoms with Crippen LogP contribution < -0.4 is 9.47 Å². The van der Waals surface area contributed by atoms with Gasteiger partial charge in [-0.2, -0.15) is 10.1 Å². The summed E-state index contributed by atoms with van der Waals surface area (Å²) in [6.45, 7) is 0. The monoisotopic (exact) mass is 303 g/mol. The Kier molecular flexibility index (Phi) is 3.63. The first-order valence-electron chi connectivity index (χ1n) is 5.05.